The van der Waals surface area contributed by atoms with Crippen LogP contribution in [0.15, 0.2) is 42.5 Å². The smallest absolute Gasteiger partial charge is 0.254 e. The Morgan fingerprint density at radius 3 is 2.83 bits per heavy atom. The van der Waals surface area contributed by atoms with Crippen LogP contribution in [0.3, 0.4) is 0 Å². The minimum atomic E-state index is -0.702. The molecule has 6 heteroatoms. The second-order valence-electron chi connectivity index (χ2n) is 5.72. The molecule has 5 nitrogen and oxygen atoms in total. The molecule has 4 N–H and O–H groups in total. The zero-order valence-electron chi connectivity index (χ0n) is 13.0. The molecule has 0 radical (unpaired) electrons. The predicted molar refractivity (Wildman–Crippen MR) is 88.1 cm³/mol. The first-order valence-corrected chi connectivity index (χ1v) is 7.75. The van der Waals surface area contributed by atoms with Crippen LogP contribution in [0.25, 0.3) is 0 Å². The number of carbonyl (C=O) groups excluding carboxylic acids is 2. The summed E-state index contributed by atoms with van der Waals surface area (Å²) in [7, 11) is 0. The molecule has 0 spiro atoms. The maximum absolute atomic E-state index is 13.9. The van der Waals surface area contributed by atoms with Gasteiger partial charge in [-0.15, -0.1) is 0 Å². The van der Waals surface area contributed by atoms with Gasteiger partial charge < -0.3 is 16.4 Å². The number of amides is 2. The fourth-order valence-corrected chi connectivity index (χ4v) is 2.92. The standard InChI is InChI=1S/C18H18FN3O2/c19-15-6-5-12(17(20)23)9-14(15)18(24)22-10-16-13-4-2-1-3-11(13)7-8-21-16/h1-6,9,16,21H,7-8,10H2,(H2,20,23)(H,22,24). The lowest BCUT2D eigenvalue weighted by molar-refractivity contribution is 0.0945. The molecule has 2 aromatic rings. The van der Waals surface area contributed by atoms with E-state index < -0.39 is 17.6 Å². The van der Waals surface area contributed by atoms with Gasteiger partial charge in [0.2, 0.25) is 5.91 Å². The molecule has 1 atom stereocenters. The number of carbonyl (C=O) groups is 2. The van der Waals surface area contributed by atoms with Crippen LogP contribution >= 0.6 is 0 Å². The number of benzene rings is 2. The maximum Gasteiger partial charge on any atom is 0.254 e. The van der Waals surface area contributed by atoms with Crippen molar-refractivity contribution in [3.8, 4) is 0 Å². The van der Waals surface area contributed by atoms with E-state index in [2.05, 4.69) is 16.7 Å². The van der Waals surface area contributed by atoms with E-state index in [4.69, 9.17) is 5.73 Å². The summed E-state index contributed by atoms with van der Waals surface area (Å²) in [5, 5.41) is 6.07. The van der Waals surface area contributed by atoms with Gasteiger partial charge in [-0.3, -0.25) is 9.59 Å². The largest absolute Gasteiger partial charge is 0.366 e. The summed E-state index contributed by atoms with van der Waals surface area (Å²) in [5.74, 6) is -1.96. The molecule has 2 amide bonds. The van der Waals surface area contributed by atoms with Crippen LogP contribution < -0.4 is 16.4 Å². The lowest BCUT2D eigenvalue weighted by Gasteiger charge is -2.27. The van der Waals surface area contributed by atoms with E-state index in [0.717, 1.165) is 24.6 Å². The number of fused-ring (bicyclic) bond motifs is 1. The van der Waals surface area contributed by atoms with Gasteiger partial charge >= 0.3 is 0 Å². The average molecular weight is 327 g/mol. The van der Waals surface area contributed by atoms with Gasteiger partial charge in [0, 0.05) is 18.2 Å². The van der Waals surface area contributed by atoms with Gasteiger partial charge in [-0.1, -0.05) is 24.3 Å². The Hall–Kier alpha value is -2.73. The predicted octanol–water partition coefficient (Wildman–Crippen LogP) is 1.54. The molecule has 1 aliphatic heterocycles. The molecule has 0 aliphatic carbocycles. The first kappa shape index (κ1) is 16.1. The van der Waals surface area contributed by atoms with Crippen LogP contribution in [-0.4, -0.2) is 24.9 Å². The molecule has 0 fully saturated rings. The van der Waals surface area contributed by atoms with E-state index in [9.17, 15) is 14.0 Å². The highest BCUT2D eigenvalue weighted by molar-refractivity contribution is 5.99. The molecular weight excluding hydrogens is 309 g/mol. The van der Waals surface area contributed by atoms with Crippen LogP contribution in [0.2, 0.25) is 0 Å². The topological polar surface area (TPSA) is 84.2 Å². The minimum Gasteiger partial charge on any atom is -0.366 e. The normalized spacial score (nSPS) is 16.3. The van der Waals surface area contributed by atoms with Gasteiger partial charge in [-0.2, -0.15) is 0 Å². The van der Waals surface area contributed by atoms with Crippen LogP contribution in [-0.2, 0) is 6.42 Å². The second kappa shape index (κ2) is 6.80. The number of rotatable bonds is 4. The first-order chi connectivity index (χ1) is 11.6. The summed E-state index contributed by atoms with van der Waals surface area (Å²) in [6, 6.07) is 11.5. The molecule has 1 aliphatic rings. The molecular formula is C18H18FN3O2. The first-order valence-electron chi connectivity index (χ1n) is 7.75. The highest BCUT2D eigenvalue weighted by Gasteiger charge is 2.21. The third kappa shape index (κ3) is 3.28. The average Bonchev–Trinajstić information content (AvgIpc) is 2.59. The highest BCUT2D eigenvalue weighted by Crippen LogP contribution is 2.22. The Kier molecular flexibility index (Phi) is 4.57. The monoisotopic (exact) mass is 327 g/mol. The molecule has 1 unspecified atom stereocenters. The van der Waals surface area contributed by atoms with Crippen molar-refractivity contribution in [2.24, 2.45) is 5.73 Å². The van der Waals surface area contributed by atoms with Gasteiger partial charge in [0.05, 0.1) is 5.56 Å². The Bertz CT molecular complexity index is 792. The fraction of sp³-hybridized carbons (Fsp3) is 0.222. The van der Waals surface area contributed by atoms with E-state index in [-0.39, 0.29) is 17.2 Å². The number of nitrogens with two attached hydrogens (primary N) is 1. The van der Waals surface area contributed by atoms with Crippen molar-refractivity contribution in [1.82, 2.24) is 10.6 Å². The Balaban J connectivity index is 1.73. The van der Waals surface area contributed by atoms with E-state index in [0.29, 0.717) is 6.54 Å². The van der Waals surface area contributed by atoms with E-state index >= 15 is 0 Å². The zero-order valence-corrected chi connectivity index (χ0v) is 13.0. The fourth-order valence-electron chi connectivity index (χ4n) is 2.92. The quantitative estimate of drug-likeness (QED) is 0.796. The van der Waals surface area contributed by atoms with Crippen molar-refractivity contribution in [1.29, 1.82) is 0 Å². The van der Waals surface area contributed by atoms with Gasteiger partial charge in [-0.05, 0) is 42.3 Å². The molecule has 0 saturated carbocycles. The highest BCUT2D eigenvalue weighted by atomic mass is 19.1. The Morgan fingerprint density at radius 1 is 1.25 bits per heavy atom. The van der Waals surface area contributed by atoms with Gasteiger partial charge in [0.1, 0.15) is 5.82 Å². The van der Waals surface area contributed by atoms with Crippen molar-refractivity contribution < 1.29 is 14.0 Å². The summed E-state index contributed by atoms with van der Waals surface area (Å²) < 4.78 is 13.9. The maximum atomic E-state index is 13.9. The second-order valence-corrected chi connectivity index (χ2v) is 5.72. The van der Waals surface area contributed by atoms with E-state index in [1.165, 1.54) is 17.7 Å². The minimum absolute atomic E-state index is 0.0266. The Labute approximate surface area is 139 Å². The van der Waals surface area contributed by atoms with Crippen LogP contribution in [0.5, 0.6) is 0 Å². The van der Waals surface area contributed by atoms with Crippen molar-refractivity contribution in [3.63, 3.8) is 0 Å². The van der Waals surface area contributed by atoms with Crippen LogP contribution in [0.4, 0.5) is 4.39 Å². The summed E-state index contributed by atoms with van der Waals surface area (Å²) >= 11 is 0. The van der Waals surface area contributed by atoms with E-state index in [1.807, 2.05) is 18.2 Å². The summed E-state index contributed by atoms with van der Waals surface area (Å²) in [6.07, 6.45) is 0.940. The van der Waals surface area contributed by atoms with Crippen molar-refractivity contribution in [2.75, 3.05) is 13.1 Å². The molecule has 0 bridgehead atoms. The van der Waals surface area contributed by atoms with Gasteiger partial charge in [0.25, 0.3) is 5.91 Å². The third-order valence-electron chi connectivity index (χ3n) is 4.18. The van der Waals surface area contributed by atoms with Gasteiger partial charge in [0.15, 0.2) is 0 Å². The summed E-state index contributed by atoms with van der Waals surface area (Å²) in [4.78, 5) is 23.5. The van der Waals surface area contributed by atoms with E-state index in [1.54, 1.807) is 0 Å². The van der Waals surface area contributed by atoms with Crippen molar-refractivity contribution in [2.45, 2.75) is 12.5 Å². The van der Waals surface area contributed by atoms with Crippen molar-refractivity contribution in [3.05, 3.63) is 70.5 Å². The Morgan fingerprint density at radius 2 is 2.04 bits per heavy atom. The van der Waals surface area contributed by atoms with Gasteiger partial charge in [-0.25, -0.2) is 4.39 Å². The lowest BCUT2D eigenvalue weighted by atomic mass is 9.94. The molecule has 2 aromatic carbocycles. The molecule has 124 valence electrons. The molecule has 3 rings (SSSR count). The number of hydrogen-bond donors (Lipinski definition) is 3. The van der Waals surface area contributed by atoms with Crippen molar-refractivity contribution >= 4 is 11.8 Å². The molecule has 0 aromatic heterocycles. The number of halogens is 1. The molecule has 24 heavy (non-hydrogen) atoms. The summed E-state index contributed by atoms with van der Waals surface area (Å²) in [5.41, 5.74) is 7.47. The van der Waals surface area contributed by atoms with Crippen LogP contribution in [0, 0.1) is 5.82 Å². The number of primary amides is 1. The third-order valence-corrected chi connectivity index (χ3v) is 4.18. The number of nitrogens with one attached hydrogen (secondary N) is 2. The molecule has 0 saturated heterocycles. The SMILES string of the molecule is NC(=O)c1ccc(F)c(C(=O)NCC2NCCc3ccccc32)c1. The molecule has 1 heterocycles. The lowest BCUT2D eigenvalue weighted by Crippen LogP contribution is -2.39. The zero-order chi connectivity index (χ0) is 17.1. The number of hydrogen-bond acceptors (Lipinski definition) is 3. The van der Waals surface area contributed by atoms with Crippen LogP contribution in [0.1, 0.15) is 37.9 Å². The summed E-state index contributed by atoms with van der Waals surface area (Å²) in [6.45, 7) is 1.15.